The molecule has 2 fully saturated rings. The molecule has 0 aromatic heterocycles. The molecular weight excluding hydrogens is 318 g/mol. The molecule has 6 heteroatoms. The first-order valence-electron chi connectivity index (χ1n) is 9.12. The number of ether oxygens (including phenoxy) is 2. The molecular formula is C19H29N3O3. The third-order valence-electron chi connectivity index (χ3n) is 5.33. The van der Waals surface area contributed by atoms with Crippen LogP contribution >= 0.6 is 0 Å². The summed E-state index contributed by atoms with van der Waals surface area (Å²) in [5, 5.41) is 0. The molecule has 0 aliphatic carbocycles. The van der Waals surface area contributed by atoms with Gasteiger partial charge in [0.15, 0.2) is 0 Å². The summed E-state index contributed by atoms with van der Waals surface area (Å²) < 4.78 is 10.9. The van der Waals surface area contributed by atoms with Crippen molar-refractivity contribution < 1.29 is 14.3 Å². The summed E-state index contributed by atoms with van der Waals surface area (Å²) in [6.45, 7) is 5.74. The lowest BCUT2D eigenvalue weighted by Gasteiger charge is -2.34. The monoisotopic (exact) mass is 347 g/mol. The van der Waals surface area contributed by atoms with E-state index < -0.39 is 0 Å². The molecule has 25 heavy (non-hydrogen) atoms. The second-order valence-electron chi connectivity index (χ2n) is 6.98. The van der Waals surface area contributed by atoms with Crippen molar-refractivity contribution in [2.75, 3.05) is 46.5 Å². The summed E-state index contributed by atoms with van der Waals surface area (Å²) in [4.78, 5) is 16.7. The minimum atomic E-state index is -0.205. The number of hydrogen-bond donors (Lipinski definition) is 1. The van der Waals surface area contributed by atoms with Gasteiger partial charge >= 0.3 is 0 Å². The Labute approximate surface area is 149 Å². The van der Waals surface area contributed by atoms with E-state index >= 15 is 0 Å². The number of nitrogens with zero attached hydrogens (tertiary/aromatic N) is 2. The fourth-order valence-corrected chi connectivity index (χ4v) is 3.88. The Bertz CT molecular complexity index is 575. The predicted octanol–water partition coefficient (Wildman–Crippen LogP) is 1.09. The zero-order valence-electron chi connectivity index (χ0n) is 15.0. The Morgan fingerprint density at radius 3 is 2.72 bits per heavy atom. The summed E-state index contributed by atoms with van der Waals surface area (Å²) in [6.07, 6.45) is 2.08. The maximum atomic E-state index is 12.0. The van der Waals surface area contributed by atoms with Crippen LogP contribution in [0, 0.1) is 5.92 Å². The minimum absolute atomic E-state index is 0.139. The second kappa shape index (κ2) is 8.65. The highest BCUT2D eigenvalue weighted by Gasteiger charge is 2.31. The Kier molecular flexibility index (Phi) is 6.29. The summed E-state index contributed by atoms with van der Waals surface area (Å²) in [5.41, 5.74) is 6.84. The van der Waals surface area contributed by atoms with Crippen LogP contribution in [-0.2, 0) is 16.1 Å². The van der Waals surface area contributed by atoms with Crippen molar-refractivity contribution in [1.82, 2.24) is 9.80 Å². The van der Waals surface area contributed by atoms with Crippen molar-refractivity contribution in [2.45, 2.75) is 25.4 Å². The van der Waals surface area contributed by atoms with Crippen molar-refractivity contribution in [3.05, 3.63) is 29.8 Å². The Balaban J connectivity index is 1.70. The van der Waals surface area contributed by atoms with E-state index in [1.807, 2.05) is 18.2 Å². The molecule has 2 heterocycles. The molecule has 0 unspecified atom stereocenters. The van der Waals surface area contributed by atoms with Crippen LogP contribution in [0.4, 0.5) is 0 Å². The molecule has 6 nitrogen and oxygen atoms in total. The Morgan fingerprint density at radius 1 is 1.24 bits per heavy atom. The SMILES string of the molecule is COc1ccccc1CN1CCN(C2CCOCC2)C[C@@H](C(N)=O)C1. The molecule has 0 radical (unpaired) electrons. The number of methoxy groups -OCH3 is 1. The van der Waals surface area contributed by atoms with E-state index in [-0.39, 0.29) is 11.8 Å². The fourth-order valence-electron chi connectivity index (χ4n) is 3.88. The van der Waals surface area contributed by atoms with Crippen molar-refractivity contribution >= 4 is 5.91 Å². The van der Waals surface area contributed by atoms with Gasteiger partial charge in [-0.05, 0) is 18.9 Å². The standard InChI is InChI=1S/C19H29N3O3/c1-24-18-5-3-2-4-15(18)12-21-8-9-22(14-16(13-21)19(20)23)17-6-10-25-11-7-17/h2-5,16-17H,6-14H2,1H3,(H2,20,23)/t16-/m0/s1. The van der Waals surface area contributed by atoms with E-state index in [9.17, 15) is 4.79 Å². The molecule has 1 atom stereocenters. The number of hydrogen-bond acceptors (Lipinski definition) is 5. The van der Waals surface area contributed by atoms with Gasteiger partial charge in [-0.25, -0.2) is 0 Å². The maximum absolute atomic E-state index is 12.0. The quantitative estimate of drug-likeness (QED) is 0.864. The van der Waals surface area contributed by atoms with E-state index in [1.54, 1.807) is 7.11 Å². The van der Waals surface area contributed by atoms with Crippen molar-refractivity contribution in [3.8, 4) is 5.75 Å². The van der Waals surface area contributed by atoms with E-state index in [0.29, 0.717) is 12.6 Å². The van der Waals surface area contributed by atoms with Crippen LogP contribution in [0.15, 0.2) is 24.3 Å². The number of amides is 1. The van der Waals surface area contributed by atoms with E-state index in [2.05, 4.69) is 15.9 Å². The smallest absolute Gasteiger partial charge is 0.223 e. The predicted molar refractivity (Wildman–Crippen MR) is 96.4 cm³/mol. The summed E-state index contributed by atoms with van der Waals surface area (Å²) in [5.74, 6) is 0.549. The minimum Gasteiger partial charge on any atom is -0.496 e. The molecule has 2 aliphatic heterocycles. The highest BCUT2D eigenvalue weighted by atomic mass is 16.5. The molecule has 1 amide bonds. The summed E-state index contributed by atoms with van der Waals surface area (Å²) >= 11 is 0. The van der Waals surface area contributed by atoms with E-state index in [4.69, 9.17) is 15.2 Å². The molecule has 0 saturated carbocycles. The normalized spacial score (nSPS) is 24.0. The first-order valence-corrected chi connectivity index (χ1v) is 9.12. The molecule has 2 aliphatic rings. The van der Waals surface area contributed by atoms with Gasteiger partial charge in [-0.1, -0.05) is 18.2 Å². The first kappa shape index (κ1) is 18.2. The highest BCUT2D eigenvalue weighted by molar-refractivity contribution is 5.77. The van der Waals surface area contributed by atoms with Crippen LogP contribution in [0.3, 0.4) is 0 Å². The van der Waals surface area contributed by atoms with Gasteiger partial charge in [-0.15, -0.1) is 0 Å². The van der Waals surface area contributed by atoms with Crippen LogP contribution < -0.4 is 10.5 Å². The van der Waals surface area contributed by atoms with Crippen molar-refractivity contribution in [3.63, 3.8) is 0 Å². The zero-order valence-corrected chi connectivity index (χ0v) is 15.0. The molecule has 2 N–H and O–H groups in total. The molecule has 2 saturated heterocycles. The number of carbonyl (C=O) groups excluding carboxylic acids is 1. The molecule has 1 aromatic carbocycles. The molecule has 0 bridgehead atoms. The lowest BCUT2D eigenvalue weighted by Crippen LogP contribution is -2.44. The van der Waals surface area contributed by atoms with Crippen LogP contribution in [0.25, 0.3) is 0 Å². The summed E-state index contributed by atoms with van der Waals surface area (Å²) in [7, 11) is 1.69. The van der Waals surface area contributed by atoms with Gasteiger partial charge in [0.2, 0.25) is 5.91 Å². The van der Waals surface area contributed by atoms with Crippen LogP contribution in [0.5, 0.6) is 5.75 Å². The molecule has 3 rings (SSSR count). The van der Waals surface area contributed by atoms with Gasteiger partial charge in [0.25, 0.3) is 0 Å². The number of carbonyl (C=O) groups is 1. The van der Waals surface area contributed by atoms with Crippen molar-refractivity contribution in [2.24, 2.45) is 11.7 Å². The lowest BCUT2D eigenvalue weighted by molar-refractivity contribution is -0.122. The van der Waals surface area contributed by atoms with Gasteiger partial charge in [0.05, 0.1) is 13.0 Å². The highest BCUT2D eigenvalue weighted by Crippen LogP contribution is 2.23. The summed E-state index contributed by atoms with van der Waals surface area (Å²) in [6, 6.07) is 8.56. The maximum Gasteiger partial charge on any atom is 0.223 e. The lowest BCUT2D eigenvalue weighted by atomic mass is 10.0. The van der Waals surface area contributed by atoms with Gasteiger partial charge < -0.3 is 15.2 Å². The average molecular weight is 347 g/mol. The van der Waals surface area contributed by atoms with Gasteiger partial charge in [-0.2, -0.15) is 0 Å². The molecule has 0 spiro atoms. The van der Waals surface area contributed by atoms with Gasteiger partial charge in [-0.3, -0.25) is 14.6 Å². The largest absolute Gasteiger partial charge is 0.496 e. The van der Waals surface area contributed by atoms with Crippen LogP contribution in [0.1, 0.15) is 18.4 Å². The fraction of sp³-hybridized carbons (Fsp3) is 0.632. The average Bonchev–Trinajstić information content (AvgIpc) is 2.86. The van der Waals surface area contributed by atoms with Gasteiger partial charge in [0.1, 0.15) is 5.75 Å². The van der Waals surface area contributed by atoms with E-state index in [1.165, 1.54) is 0 Å². The molecule has 138 valence electrons. The van der Waals surface area contributed by atoms with Crippen molar-refractivity contribution in [1.29, 1.82) is 0 Å². The van der Waals surface area contributed by atoms with E-state index in [0.717, 1.165) is 63.5 Å². The molecule has 1 aromatic rings. The second-order valence-corrected chi connectivity index (χ2v) is 6.98. The Hall–Kier alpha value is -1.63. The number of benzene rings is 1. The number of rotatable bonds is 5. The topological polar surface area (TPSA) is 68.0 Å². The number of primary amides is 1. The number of nitrogens with two attached hydrogens (primary N) is 1. The first-order chi connectivity index (χ1) is 12.2. The van der Waals surface area contributed by atoms with Crippen LogP contribution in [-0.4, -0.2) is 68.3 Å². The third kappa shape index (κ3) is 4.71. The van der Waals surface area contributed by atoms with Gasteiger partial charge in [0, 0.05) is 57.5 Å². The number of para-hydroxylation sites is 1. The van der Waals surface area contributed by atoms with Crippen LogP contribution in [0.2, 0.25) is 0 Å². The third-order valence-corrected chi connectivity index (χ3v) is 5.33. The zero-order chi connectivity index (χ0) is 17.6. The Morgan fingerprint density at radius 2 is 2.00 bits per heavy atom.